The zero-order valence-electron chi connectivity index (χ0n) is 40.8. The van der Waals surface area contributed by atoms with Gasteiger partial charge in [-0.15, -0.1) is 0 Å². The molecular weight excluding hydrogens is 869 g/mol. The van der Waals surface area contributed by atoms with E-state index >= 15 is 0 Å². The van der Waals surface area contributed by atoms with Gasteiger partial charge in [0.05, 0.1) is 24.9 Å². The smallest absolute Gasteiger partial charge is 0.302 e. The van der Waals surface area contributed by atoms with Gasteiger partial charge in [0.1, 0.15) is 36.1 Å². The monoisotopic (exact) mass is 937 g/mol. The number of likely N-dealkylation sites (N-methyl/N-ethyl adjacent to an activating group) is 2. The molecule has 2 aliphatic carbocycles. The summed E-state index contributed by atoms with van der Waals surface area (Å²) in [6.45, 7) is 5.86. The van der Waals surface area contributed by atoms with Gasteiger partial charge < -0.3 is 61.5 Å². The van der Waals surface area contributed by atoms with Gasteiger partial charge in [0, 0.05) is 84.5 Å². The lowest BCUT2D eigenvalue weighted by Gasteiger charge is -2.40. The maximum absolute atomic E-state index is 12.7. The summed E-state index contributed by atoms with van der Waals surface area (Å²) >= 11 is 0. The predicted octanol–water partition coefficient (Wildman–Crippen LogP) is 6.99. The molecule has 1 saturated carbocycles. The molecule has 13 nitrogen and oxygen atoms in total. The Labute approximate surface area is 406 Å². The fraction of sp³-hybridized carbons (Fsp3) is 0.446. The van der Waals surface area contributed by atoms with Gasteiger partial charge in [0.2, 0.25) is 0 Å². The van der Waals surface area contributed by atoms with Crippen LogP contribution in [0.2, 0.25) is 0 Å². The number of esters is 1. The Balaban J connectivity index is 1.31. The van der Waals surface area contributed by atoms with Crippen molar-refractivity contribution in [2.24, 2.45) is 17.6 Å². The summed E-state index contributed by atoms with van der Waals surface area (Å²) in [6, 6.07) is 18.4. The summed E-state index contributed by atoms with van der Waals surface area (Å²) in [7, 11) is 7.25. The van der Waals surface area contributed by atoms with E-state index in [1.807, 2.05) is 39.4 Å². The molecule has 1 fully saturated rings. The molecule has 0 radical (unpaired) electrons. The van der Waals surface area contributed by atoms with Crippen LogP contribution in [0.15, 0.2) is 78.0 Å². The number of dihydropyridines is 1. The molecule has 9 N–H and O–H groups in total. The number of nitrogens with one attached hydrogen (secondary N) is 5. The zero-order valence-corrected chi connectivity index (χ0v) is 40.8. The van der Waals surface area contributed by atoms with E-state index in [0.29, 0.717) is 43.1 Å². The van der Waals surface area contributed by atoms with E-state index < -0.39 is 23.6 Å². The number of phenolic OH excluding ortho intramolecular Hbond substituents is 2. The van der Waals surface area contributed by atoms with Crippen LogP contribution in [0.25, 0.3) is 11.1 Å². The highest BCUT2D eigenvalue weighted by molar-refractivity contribution is 5.84. The summed E-state index contributed by atoms with van der Waals surface area (Å²) in [6.07, 6.45) is 8.23. The van der Waals surface area contributed by atoms with E-state index in [2.05, 4.69) is 87.8 Å². The summed E-state index contributed by atoms with van der Waals surface area (Å²) in [5.41, 5.74) is 18.0. The fourth-order valence-corrected chi connectivity index (χ4v) is 12.2. The molecule has 5 aliphatic rings. The van der Waals surface area contributed by atoms with E-state index in [9.17, 15) is 15.0 Å². The van der Waals surface area contributed by atoms with E-state index in [4.69, 9.17) is 24.7 Å². The number of fused-ring (bicyclic) bond motifs is 6. The Hall–Kier alpha value is -6.17. The lowest BCUT2D eigenvalue weighted by atomic mass is 9.64. The average molecular weight is 937 g/mol. The average Bonchev–Trinajstić information content (AvgIpc) is 3.92. The van der Waals surface area contributed by atoms with Crippen LogP contribution in [0.1, 0.15) is 90.5 Å². The highest BCUT2D eigenvalue weighted by atomic mass is 16.5. The molecular formula is C56H68N6O7. The van der Waals surface area contributed by atoms with Gasteiger partial charge in [-0.2, -0.15) is 0 Å². The van der Waals surface area contributed by atoms with Crippen molar-refractivity contribution >= 4 is 11.7 Å². The highest BCUT2D eigenvalue weighted by Crippen LogP contribution is 2.63. The number of anilines is 1. The lowest BCUT2D eigenvalue weighted by Crippen LogP contribution is -2.38. The Bertz CT molecular complexity index is 2720. The van der Waals surface area contributed by atoms with Crippen molar-refractivity contribution in [1.82, 2.24) is 21.3 Å². The van der Waals surface area contributed by atoms with Crippen LogP contribution in [0.4, 0.5) is 5.69 Å². The quantitative estimate of drug-likeness (QED) is 0.0426. The molecule has 1 spiro atoms. The normalized spacial score (nSPS) is 22.8. The minimum absolute atomic E-state index is 0.0335. The zero-order chi connectivity index (χ0) is 48.4. The standard InChI is InChI=1S/C56H68N6O7/c1-7-61-46-13-9-8-11-33(46)15-16-38-34-21-22-56(26-34)27-35-23-36(64)24-48(66-6)51(35)42-18-17-41-45(31-67-32(2)63)54(69-55(41)52(42)56)43-25-49(68-37(28-58-3)29-59-4)53(65)44(30-60-5)39(43)12-10-14-47-40(38)19-20-50(57)62-47/h8-9,11,13,17-20,23-25,34,37-38,45,50,54,58-62,64-65H,7,12,15-16,21-22,26-31,57H2,1-6H3/t34-,38-,45+,50?,54-,56+/m1/s1. The van der Waals surface area contributed by atoms with Crippen LogP contribution >= 0.6 is 0 Å². The second kappa shape index (κ2) is 20.4. The third kappa shape index (κ3) is 9.23. The number of para-hydroxylation sites is 1. The topological polar surface area (TPSA) is 181 Å². The first kappa shape index (κ1) is 47.9. The van der Waals surface area contributed by atoms with Crippen molar-refractivity contribution in [3.8, 4) is 51.7 Å². The van der Waals surface area contributed by atoms with Crippen molar-refractivity contribution in [3.63, 3.8) is 0 Å². The van der Waals surface area contributed by atoms with E-state index in [-0.39, 0.29) is 48.4 Å². The SMILES string of the molecule is CCNc1ccccc1CC[C@H]1C2=C(C#CCc3c(cc(OC(CNC)CNC)c(O)c3CNC)[C@H]3Oc4c(ccc5c4[C@]4(CC[C@@H]1C4)Cc1cc(O)cc(OC)c1-5)[C@@H]3COC(C)=O)NC(N)C=C2. The van der Waals surface area contributed by atoms with Crippen molar-refractivity contribution in [1.29, 1.82) is 0 Å². The Morgan fingerprint density at radius 3 is 2.59 bits per heavy atom. The predicted molar refractivity (Wildman–Crippen MR) is 270 cm³/mol. The molecule has 4 aromatic carbocycles. The molecule has 0 amide bonds. The summed E-state index contributed by atoms with van der Waals surface area (Å²) in [5, 5.41) is 40.4. The lowest BCUT2D eigenvalue weighted by molar-refractivity contribution is -0.141. The third-order valence-corrected chi connectivity index (χ3v) is 15.0. The number of rotatable bonds is 16. The van der Waals surface area contributed by atoms with Crippen molar-refractivity contribution in [2.45, 2.75) is 95.0 Å². The Morgan fingerprint density at radius 2 is 1.84 bits per heavy atom. The maximum atomic E-state index is 12.7. The van der Waals surface area contributed by atoms with Crippen LogP contribution < -0.4 is 46.5 Å². The van der Waals surface area contributed by atoms with E-state index in [1.165, 1.54) is 12.5 Å². The minimum atomic E-state index is -0.653. The molecule has 0 aromatic heterocycles. The van der Waals surface area contributed by atoms with Crippen LogP contribution in [0.3, 0.4) is 0 Å². The van der Waals surface area contributed by atoms with Gasteiger partial charge >= 0.3 is 5.97 Å². The van der Waals surface area contributed by atoms with Crippen LogP contribution in [0, 0.1) is 23.7 Å². The van der Waals surface area contributed by atoms with E-state index in [0.717, 1.165) is 100 Å². The fourth-order valence-electron chi connectivity index (χ4n) is 12.2. The molecule has 9 rings (SSSR count). The summed E-state index contributed by atoms with van der Waals surface area (Å²) in [4.78, 5) is 12.7. The number of hydrogen-bond donors (Lipinski definition) is 8. The van der Waals surface area contributed by atoms with Crippen molar-refractivity contribution < 1.29 is 34.0 Å². The molecule has 0 saturated heterocycles. The first-order valence-electron chi connectivity index (χ1n) is 24.6. The number of aromatic hydroxyl groups is 2. The largest absolute Gasteiger partial charge is 0.508 e. The number of carbonyl (C=O) groups is 1. The maximum Gasteiger partial charge on any atom is 0.302 e. The highest BCUT2D eigenvalue weighted by Gasteiger charge is 2.52. The number of hydrogen-bond acceptors (Lipinski definition) is 13. The van der Waals surface area contributed by atoms with E-state index in [1.54, 1.807) is 13.2 Å². The minimum Gasteiger partial charge on any atom is -0.508 e. The second-order valence-corrected chi connectivity index (χ2v) is 19.3. The van der Waals surface area contributed by atoms with Crippen LogP contribution in [-0.2, 0) is 40.8 Å². The number of allylic oxidation sites excluding steroid dienone is 3. The molecule has 6 atom stereocenters. The Kier molecular flexibility index (Phi) is 14.2. The van der Waals surface area contributed by atoms with Crippen LogP contribution in [0.5, 0.6) is 28.7 Å². The van der Waals surface area contributed by atoms with Gasteiger partial charge in [-0.1, -0.05) is 42.3 Å². The first-order chi connectivity index (χ1) is 33.5. The molecule has 3 heterocycles. The van der Waals surface area contributed by atoms with Gasteiger partial charge in [-0.25, -0.2) is 0 Å². The van der Waals surface area contributed by atoms with Gasteiger partial charge in [0.15, 0.2) is 11.5 Å². The molecule has 1 unspecified atom stereocenters. The van der Waals surface area contributed by atoms with Crippen molar-refractivity contribution in [2.75, 3.05) is 59.8 Å². The number of methoxy groups -OCH3 is 1. The Morgan fingerprint density at radius 1 is 1.03 bits per heavy atom. The molecule has 364 valence electrons. The summed E-state index contributed by atoms with van der Waals surface area (Å²) in [5.74, 6) is 8.64. The molecule has 69 heavy (non-hydrogen) atoms. The third-order valence-electron chi connectivity index (χ3n) is 15.0. The molecule has 4 aromatic rings. The second-order valence-electron chi connectivity index (χ2n) is 19.3. The number of aryl methyl sites for hydroxylation is 1. The number of ether oxygens (including phenoxy) is 4. The number of carbonyl (C=O) groups excluding carboxylic acids is 1. The van der Waals surface area contributed by atoms with Crippen molar-refractivity contribution in [3.05, 3.63) is 117 Å². The van der Waals surface area contributed by atoms with Crippen LogP contribution in [-0.4, -0.2) is 82.9 Å². The van der Waals surface area contributed by atoms with Gasteiger partial charge in [-0.05, 0) is 136 Å². The summed E-state index contributed by atoms with van der Waals surface area (Å²) < 4.78 is 26.3. The molecule has 13 heteroatoms. The molecule has 3 aliphatic heterocycles. The number of benzene rings is 4. The molecule has 4 bridgehead atoms. The number of phenols is 2. The van der Waals surface area contributed by atoms with Gasteiger partial charge in [-0.3, -0.25) is 4.79 Å². The number of nitrogens with two attached hydrogens (primary N) is 1. The first-order valence-corrected chi connectivity index (χ1v) is 24.6. The van der Waals surface area contributed by atoms with Gasteiger partial charge in [0.25, 0.3) is 0 Å².